The first-order chi connectivity index (χ1) is 25.0. The van der Waals surface area contributed by atoms with Crippen LogP contribution in [0.15, 0.2) is 11.6 Å². The van der Waals surface area contributed by atoms with Crippen molar-refractivity contribution >= 4 is 29.8 Å². The number of carbonyl (C=O) groups is 3. The number of alkyl carbamates (subject to hydrolysis) is 1. The third-order valence-corrected chi connectivity index (χ3v) is 16.2. The predicted molar refractivity (Wildman–Crippen MR) is 209 cm³/mol. The Labute approximate surface area is 318 Å². The zero-order chi connectivity index (χ0) is 36.9. The molecule has 0 spiro atoms. The van der Waals surface area contributed by atoms with Crippen molar-refractivity contribution in [3.8, 4) is 0 Å². The highest BCUT2D eigenvalue weighted by molar-refractivity contribution is 8.00. The second-order valence-electron chi connectivity index (χ2n) is 18.3. The van der Waals surface area contributed by atoms with E-state index in [0.29, 0.717) is 43.4 Å². The molecule has 6 rings (SSSR count). The minimum absolute atomic E-state index is 0.0388. The van der Waals surface area contributed by atoms with Crippen molar-refractivity contribution in [2.45, 2.75) is 154 Å². The number of thioether (sulfide) groups is 1. The minimum atomic E-state index is -0.356. The number of fused-ring (bicyclic) bond motifs is 6. The lowest BCUT2D eigenvalue weighted by molar-refractivity contribution is -0.121. The summed E-state index contributed by atoms with van der Waals surface area (Å²) in [7, 11) is 0. The Morgan fingerprint density at radius 2 is 1.77 bits per heavy atom. The Bertz CT molecular complexity index is 1280. The standard InChI is InChI=1S/C42H70N4O5S/c1-27(2)9-8-10-28(3)32-15-16-33-31-14-13-29-25-30(17-19-41(29,4)34(31)18-20-42(32,33)5)51-40(49)44-22-24-50-23-21-43-37(47)12-7-6-11-36-38-35(26-52-36)45-39(48)46-38/h13,27-28,30-36,38H,6-12,14-26H2,1-5H3,(H,43,47)(H,44,49)(H2,45,46,48)/t28-,30+,31+,32-,33+,34+,35-,36-,38-,41+,42-/m1/s1. The molecule has 3 saturated carbocycles. The minimum Gasteiger partial charge on any atom is -0.446 e. The van der Waals surface area contributed by atoms with Crippen molar-refractivity contribution in [1.29, 1.82) is 0 Å². The maximum absolute atomic E-state index is 12.7. The Morgan fingerprint density at radius 1 is 0.962 bits per heavy atom. The highest BCUT2D eigenvalue weighted by atomic mass is 32.2. The lowest BCUT2D eigenvalue weighted by Gasteiger charge is -2.58. The van der Waals surface area contributed by atoms with Gasteiger partial charge in [0.05, 0.1) is 25.3 Å². The van der Waals surface area contributed by atoms with Gasteiger partial charge in [0, 0.05) is 36.9 Å². The topological polar surface area (TPSA) is 118 Å². The van der Waals surface area contributed by atoms with Crippen molar-refractivity contribution in [3.63, 3.8) is 0 Å². The summed E-state index contributed by atoms with van der Waals surface area (Å²) in [5, 5.41) is 12.2. The molecule has 6 aliphatic rings. The molecule has 52 heavy (non-hydrogen) atoms. The SMILES string of the molecule is CC(C)CCC[C@@H](C)[C@H]1CC[C@H]2[C@@H]3CC=C4C[C@@H](OC(=O)NCCOCCNC(=O)CCCC[C@H]5SC[C@H]6NC(=O)N[C@H]65)CC[C@]4(C)[C@H]3CC[C@]12C. The molecular weight excluding hydrogens is 673 g/mol. The van der Waals surface area contributed by atoms with Gasteiger partial charge in [0.15, 0.2) is 0 Å². The van der Waals surface area contributed by atoms with Crippen molar-refractivity contribution < 1.29 is 23.9 Å². The number of ether oxygens (including phenoxy) is 2. The fourth-order valence-electron chi connectivity index (χ4n) is 11.9. The molecule has 0 bridgehead atoms. The maximum atomic E-state index is 12.7. The van der Waals surface area contributed by atoms with Crippen molar-refractivity contribution in [2.75, 3.05) is 32.1 Å². The average molecular weight is 743 g/mol. The fourth-order valence-corrected chi connectivity index (χ4v) is 13.4. The van der Waals surface area contributed by atoms with Crippen LogP contribution in [0.2, 0.25) is 0 Å². The molecule has 2 aliphatic heterocycles. The van der Waals surface area contributed by atoms with Gasteiger partial charge in [0.25, 0.3) is 0 Å². The number of hydrogen-bond acceptors (Lipinski definition) is 6. The van der Waals surface area contributed by atoms with Gasteiger partial charge in [-0.15, -0.1) is 0 Å². The Kier molecular flexibility index (Phi) is 13.5. The Morgan fingerprint density at radius 3 is 2.58 bits per heavy atom. The molecule has 2 heterocycles. The van der Waals surface area contributed by atoms with Crippen LogP contribution in [-0.2, 0) is 14.3 Å². The molecule has 11 atom stereocenters. The normalized spacial score (nSPS) is 36.8. The summed E-state index contributed by atoms with van der Waals surface area (Å²) in [6.45, 7) is 14.1. The van der Waals surface area contributed by atoms with E-state index in [0.717, 1.165) is 79.8 Å². The first-order valence-corrected chi connectivity index (χ1v) is 22.2. The average Bonchev–Trinajstić information content (AvgIpc) is 3.77. The zero-order valence-electron chi connectivity index (χ0n) is 32.9. The van der Waals surface area contributed by atoms with Crippen molar-refractivity contribution in [1.82, 2.24) is 21.3 Å². The molecule has 4 N–H and O–H groups in total. The monoisotopic (exact) mass is 743 g/mol. The van der Waals surface area contributed by atoms with Crippen LogP contribution in [0.25, 0.3) is 0 Å². The van der Waals surface area contributed by atoms with Crippen molar-refractivity contribution in [3.05, 3.63) is 11.6 Å². The molecule has 0 unspecified atom stereocenters. The molecule has 4 amide bonds. The van der Waals surface area contributed by atoms with E-state index in [1.54, 1.807) is 5.57 Å². The number of unbranched alkanes of at least 4 members (excludes halogenated alkanes) is 1. The number of nitrogens with one attached hydrogen (secondary N) is 4. The van der Waals surface area contributed by atoms with E-state index in [9.17, 15) is 14.4 Å². The fraction of sp³-hybridized carbons (Fsp3) is 0.881. The smallest absolute Gasteiger partial charge is 0.407 e. The molecule has 9 nitrogen and oxygen atoms in total. The second-order valence-corrected chi connectivity index (χ2v) is 19.6. The number of amides is 4. The van der Waals surface area contributed by atoms with Gasteiger partial charge in [-0.25, -0.2) is 9.59 Å². The van der Waals surface area contributed by atoms with Crippen LogP contribution in [-0.4, -0.2) is 73.5 Å². The Balaban J connectivity index is 0.831. The third kappa shape index (κ3) is 9.12. The van der Waals surface area contributed by atoms with E-state index >= 15 is 0 Å². The molecular formula is C42H70N4O5S. The van der Waals surface area contributed by atoms with Gasteiger partial charge >= 0.3 is 12.1 Å². The van der Waals surface area contributed by atoms with E-state index in [2.05, 4.69) is 62.0 Å². The van der Waals surface area contributed by atoms with Crippen LogP contribution < -0.4 is 21.3 Å². The molecule has 10 heteroatoms. The van der Waals surface area contributed by atoms with Gasteiger partial charge in [-0.1, -0.05) is 72.0 Å². The first-order valence-electron chi connectivity index (χ1n) is 21.1. The summed E-state index contributed by atoms with van der Waals surface area (Å²) >= 11 is 1.91. The van der Waals surface area contributed by atoms with Gasteiger partial charge < -0.3 is 30.7 Å². The van der Waals surface area contributed by atoms with Gasteiger partial charge in [-0.3, -0.25) is 4.79 Å². The highest BCUT2D eigenvalue weighted by Crippen LogP contribution is 2.67. The van der Waals surface area contributed by atoms with Crippen LogP contribution in [0.3, 0.4) is 0 Å². The summed E-state index contributed by atoms with van der Waals surface area (Å²) in [4.78, 5) is 36.5. The third-order valence-electron chi connectivity index (χ3n) is 14.7. The first kappa shape index (κ1) is 39.7. The summed E-state index contributed by atoms with van der Waals surface area (Å²) < 4.78 is 11.6. The summed E-state index contributed by atoms with van der Waals surface area (Å²) in [5.41, 5.74) is 2.30. The van der Waals surface area contributed by atoms with E-state index < -0.39 is 0 Å². The lowest BCUT2D eigenvalue weighted by atomic mass is 9.47. The van der Waals surface area contributed by atoms with Gasteiger partial charge in [-0.2, -0.15) is 11.8 Å². The molecule has 5 fully saturated rings. The van der Waals surface area contributed by atoms with Crippen LogP contribution in [0.1, 0.15) is 131 Å². The summed E-state index contributed by atoms with van der Waals surface area (Å²) in [6.07, 6.45) is 19.4. The highest BCUT2D eigenvalue weighted by Gasteiger charge is 2.59. The Hall–Kier alpha value is -1.94. The summed E-state index contributed by atoms with van der Waals surface area (Å²) in [5.74, 6) is 5.98. The zero-order valence-corrected chi connectivity index (χ0v) is 33.8. The molecule has 0 aromatic rings. The van der Waals surface area contributed by atoms with E-state index in [1.165, 1.54) is 51.4 Å². The van der Waals surface area contributed by atoms with Crippen LogP contribution in [0.4, 0.5) is 9.59 Å². The van der Waals surface area contributed by atoms with Gasteiger partial charge in [0.2, 0.25) is 5.91 Å². The largest absolute Gasteiger partial charge is 0.446 e. The van der Waals surface area contributed by atoms with Crippen LogP contribution in [0.5, 0.6) is 0 Å². The van der Waals surface area contributed by atoms with Crippen molar-refractivity contribution in [2.24, 2.45) is 46.3 Å². The number of carbonyl (C=O) groups excluding carboxylic acids is 3. The second kappa shape index (κ2) is 17.7. The molecule has 0 radical (unpaired) electrons. The molecule has 4 aliphatic carbocycles. The van der Waals surface area contributed by atoms with Crippen LogP contribution >= 0.6 is 11.8 Å². The molecule has 294 valence electrons. The maximum Gasteiger partial charge on any atom is 0.407 e. The van der Waals surface area contributed by atoms with E-state index in [1.807, 2.05) is 11.8 Å². The lowest BCUT2D eigenvalue weighted by Crippen LogP contribution is -2.51. The number of allylic oxidation sites excluding steroid dienone is 1. The summed E-state index contributed by atoms with van der Waals surface area (Å²) in [6, 6.07) is 0.410. The van der Waals surface area contributed by atoms with Gasteiger partial charge in [-0.05, 0) is 104 Å². The number of rotatable bonds is 17. The predicted octanol–water partition coefficient (Wildman–Crippen LogP) is 7.98. The quantitative estimate of drug-likeness (QED) is 0.0683. The molecule has 2 saturated heterocycles. The van der Waals surface area contributed by atoms with Gasteiger partial charge in [0.1, 0.15) is 6.10 Å². The van der Waals surface area contributed by atoms with E-state index in [-0.39, 0.29) is 41.6 Å². The number of urea groups is 1. The number of hydrogen-bond donors (Lipinski definition) is 4. The van der Waals surface area contributed by atoms with Crippen LogP contribution in [0, 0.1) is 46.3 Å². The molecule has 0 aromatic heterocycles. The molecule has 0 aromatic carbocycles. The van der Waals surface area contributed by atoms with E-state index in [4.69, 9.17) is 9.47 Å².